The number of morpholine rings is 1. The Balaban J connectivity index is 1.77. The number of para-hydroxylation sites is 1. The van der Waals surface area contributed by atoms with Crippen LogP contribution in [0.3, 0.4) is 0 Å². The van der Waals surface area contributed by atoms with Crippen molar-refractivity contribution in [1.29, 1.82) is 0 Å². The van der Waals surface area contributed by atoms with Crippen LogP contribution in [0.4, 0.5) is 0 Å². The first-order valence-electron chi connectivity index (χ1n) is 8.61. The number of carboxylic acids is 1. The van der Waals surface area contributed by atoms with Crippen LogP contribution in [-0.2, 0) is 9.53 Å². The minimum atomic E-state index is -0.880. The van der Waals surface area contributed by atoms with Crippen molar-refractivity contribution in [2.75, 3.05) is 39.8 Å². The molecule has 1 amide bonds. The summed E-state index contributed by atoms with van der Waals surface area (Å²) in [5, 5.41) is 9.72. The summed E-state index contributed by atoms with van der Waals surface area (Å²) in [5.74, 6) is -0.920. The SMILES string of the molecule is Cc1cc(C(=O)N2CCO[C@@H](CN(C)CC(=O)O)C2)c2ccccc2n1. The molecule has 1 saturated heterocycles. The van der Waals surface area contributed by atoms with Crippen molar-refractivity contribution in [1.82, 2.24) is 14.8 Å². The van der Waals surface area contributed by atoms with Gasteiger partial charge in [0.1, 0.15) is 0 Å². The Morgan fingerprint density at radius 2 is 2.15 bits per heavy atom. The Morgan fingerprint density at radius 3 is 2.92 bits per heavy atom. The molecule has 0 radical (unpaired) electrons. The molecule has 1 atom stereocenters. The number of fused-ring (bicyclic) bond motifs is 1. The molecule has 2 aromatic rings. The van der Waals surface area contributed by atoms with Gasteiger partial charge in [-0.05, 0) is 26.1 Å². The molecule has 7 heteroatoms. The van der Waals surface area contributed by atoms with Crippen LogP contribution in [0.2, 0.25) is 0 Å². The minimum absolute atomic E-state index is 0.0408. The predicted molar refractivity (Wildman–Crippen MR) is 97.3 cm³/mol. The number of pyridine rings is 1. The zero-order valence-electron chi connectivity index (χ0n) is 15.0. The molecule has 7 nitrogen and oxygen atoms in total. The van der Waals surface area contributed by atoms with Crippen molar-refractivity contribution in [3.63, 3.8) is 0 Å². The number of aryl methyl sites for hydroxylation is 1. The number of carbonyl (C=O) groups is 2. The van der Waals surface area contributed by atoms with Crippen LogP contribution < -0.4 is 0 Å². The van der Waals surface area contributed by atoms with E-state index in [1.807, 2.05) is 37.3 Å². The Bertz CT molecular complexity index is 824. The van der Waals surface area contributed by atoms with E-state index in [1.54, 1.807) is 16.8 Å². The maximum atomic E-state index is 13.1. The molecule has 1 aliphatic rings. The van der Waals surface area contributed by atoms with Gasteiger partial charge in [0, 0.05) is 30.7 Å². The monoisotopic (exact) mass is 357 g/mol. The molecule has 0 bridgehead atoms. The smallest absolute Gasteiger partial charge is 0.317 e. The quantitative estimate of drug-likeness (QED) is 0.871. The fourth-order valence-corrected chi connectivity index (χ4v) is 3.31. The van der Waals surface area contributed by atoms with Crippen molar-refractivity contribution < 1.29 is 19.4 Å². The molecule has 2 heterocycles. The Morgan fingerprint density at radius 1 is 1.38 bits per heavy atom. The first-order chi connectivity index (χ1) is 12.4. The van der Waals surface area contributed by atoms with Gasteiger partial charge in [-0.1, -0.05) is 18.2 Å². The molecule has 1 N–H and O–H groups in total. The van der Waals surface area contributed by atoms with Gasteiger partial charge in [-0.2, -0.15) is 0 Å². The van der Waals surface area contributed by atoms with E-state index in [-0.39, 0.29) is 18.6 Å². The first-order valence-corrected chi connectivity index (χ1v) is 8.61. The average molecular weight is 357 g/mol. The molecule has 1 aliphatic heterocycles. The third-order valence-corrected chi connectivity index (χ3v) is 4.42. The van der Waals surface area contributed by atoms with Crippen LogP contribution in [0.15, 0.2) is 30.3 Å². The molecule has 0 unspecified atom stereocenters. The largest absolute Gasteiger partial charge is 0.480 e. The van der Waals surface area contributed by atoms with E-state index in [9.17, 15) is 9.59 Å². The third-order valence-electron chi connectivity index (χ3n) is 4.42. The molecule has 1 aromatic heterocycles. The van der Waals surface area contributed by atoms with Crippen LogP contribution in [0.5, 0.6) is 0 Å². The summed E-state index contributed by atoms with van der Waals surface area (Å²) in [4.78, 5) is 31.9. The number of nitrogens with zero attached hydrogens (tertiary/aromatic N) is 3. The second-order valence-corrected chi connectivity index (χ2v) is 6.66. The number of benzene rings is 1. The maximum absolute atomic E-state index is 13.1. The number of rotatable bonds is 5. The van der Waals surface area contributed by atoms with Crippen LogP contribution in [0, 0.1) is 6.92 Å². The van der Waals surface area contributed by atoms with E-state index in [0.29, 0.717) is 31.8 Å². The molecule has 0 saturated carbocycles. The molecule has 0 spiro atoms. The Hall–Kier alpha value is -2.51. The van der Waals surface area contributed by atoms with Gasteiger partial charge in [0.15, 0.2) is 0 Å². The van der Waals surface area contributed by atoms with Gasteiger partial charge in [-0.25, -0.2) is 0 Å². The standard InChI is InChI=1S/C19H23N3O4/c1-13-9-16(15-5-3-4-6-17(15)20-13)19(25)22-7-8-26-14(11-22)10-21(2)12-18(23)24/h3-6,9,14H,7-8,10-12H2,1-2H3,(H,23,24)/t14-/m0/s1. The third kappa shape index (κ3) is 4.17. The first kappa shape index (κ1) is 18.3. The minimum Gasteiger partial charge on any atom is -0.480 e. The summed E-state index contributed by atoms with van der Waals surface area (Å²) in [5.41, 5.74) is 2.26. The molecule has 0 aliphatic carbocycles. The van der Waals surface area contributed by atoms with Crippen LogP contribution in [0.25, 0.3) is 10.9 Å². The topological polar surface area (TPSA) is 83.0 Å². The van der Waals surface area contributed by atoms with E-state index in [0.717, 1.165) is 16.6 Å². The van der Waals surface area contributed by atoms with Gasteiger partial charge in [0.05, 0.1) is 30.3 Å². The predicted octanol–water partition coefficient (Wildman–Crippen LogP) is 1.40. The number of carboxylic acid groups (broad SMARTS) is 1. The number of amides is 1. The van der Waals surface area contributed by atoms with Gasteiger partial charge < -0.3 is 14.7 Å². The van der Waals surface area contributed by atoms with Gasteiger partial charge in [0.25, 0.3) is 5.91 Å². The number of ether oxygens (including phenoxy) is 1. The molecular formula is C19H23N3O4. The van der Waals surface area contributed by atoms with E-state index in [4.69, 9.17) is 9.84 Å². The second kappa shape index (κ2) is 7.80. The van der Waals surface area contributed by atoms with Gasteiger partial charge in [-0.15, -0.1) is 0 Å². The fourth-order valence-electron chi connectivity index (χ4n) is 3.31. The van der Waals surface area contributed by atoms with Crippen molar-refractivity contribution >= 4 is 22.8 Å². The van der Waals surface area contributed by atoms with E-state index >= 15 is 0 Å². The lowest BCUT2D eigenvalue weighted by molar-refractivity contribution is -0.138. The van der Waals surface area contributed by atoms with Gasteiger partial charge in [-0.3, -0.25) is 19.5 Å². The number of hydrogen-bond acceptors (Lipinski definition) is 5. The molecular weight excluding hydrogens is 334 g/mol. The Kier molecular flexibility index (Phi) is 5.49. The lowest BCUT2D eigenvalue weighted by atomic mass is 10.1. The van der Waals surface area contributed by atoms with Crippen molar-refractivity contribution in [2.45, 2.75) is 13.0 Å². The number of aliphatic carboxylic acids is 1. The van der Waals surface area contributed by atoms with Gasteiger partial charge >= 0.3 is 5.97 Å². The second-order valence-electron chi connectivity index (χ2n) is 6.66. The molecule has 1 aromatic carbocycles. The highest BCUT2D eigenvalue weighted by molar-refractivity contribution is 6.06. The molecule has 3 rings (SSSR count). The lowest BCUT2D eigenvalue weighted by Crippen LogP contribution is -2.49. The molecule has 26 heavy (non-hydrogen) atoms. The number of aromatic nitrogens is 1. The highest BCUT2D eigenvalue weighted by Gasteiger charge is 2.27. The lowest BCUT2D eigenvalue weighted by Gasteiger charge is -2.34. The van der Waals surface area contributed by atoms with Crippen LogP contribution >= 0.6 is 0 Å². The highest BCUT2D eigenvalue weighted by atomic mass is 16.5. The highest BCUT2D eigenvalue weighted by Crippen LogP contribution is 2.21. The molecule has 138 valence electrons. The van der Waals surface area contributed by atoms with Crippen LogP contribution in [-0.4, -0.2) is 77.7 Å². The summed E-state index contributed by atoms with van der Waals surface area (Å²) in [6.07, 6.45) is -0.203. The normalized spacial score (nSPS) is 17.7. The maximum Gasteiger partial charge on any atom is 0.317 e. The van der Waals surface area contributed by atoms with Crippen molar-refractivity contribution in [3.05, 3.63) is 41.6 Å². The van der Waals surface area contributed by atoms with Crippen molar-refractivity contribution in [3.8, 4) is 0 Å². The summed E-state index contributed by atoms with van der Waals surface area (Å²) < 4.78 is 5.72. The van der Waals surface area contributed by atoms with E-state index < -0.39 is 5.97 Å². The van der Waals surface area contributed by atoms with Crippen LogP contribution in [0.1, 0.15) is 16.1 Å². The summed E-state index contributed by atoms with van der Waals surface area (Å²) in [6, 6.07) is 9.45. The summed E-state index contributed by atoms with van der Waals surface area (Å²) in [7, 11) is 1.73. The summed E-state index contributed by atoms with van der Waals surface area (Å²) in [6.45, 7) is 3.70. The zero-order valence-corrected chi connectivity index (χ0v) is 15.0. The average Bonchev–Trinajstić information content (AvgIpc) is 2.59. The fraction of sp³-hybridized carbons (Fsp3) is 0.421. The number of likely N-dealkylation sites (N-methyl/N-ethyl adjacent to an activating group) is 1. The Labute approximate surface area is 152 Å². The summed E-state index contributed by atoms with van der Waals surface area (Å²) >= 11 is 0. The molecule has 1 fully saturated rings. The number of hydrogen-bond donors (Lipinski definition) is 1. The zero-order chi connectivity index (χ0) is 18.7. The van der Waals surface area contributed by atoms with Crippen molar-refractivity contribution in [2.24, 2.45) is 0 Å². The number of carbonyl (C=O) groups excluding carboxylic acids is 1. The van der Waals surface area contributed by atoms with Gasteiger partial charge in [0.2, 0.25) is 0 Å². The van der Waals surface area contributed by atoms with E-state index in [1.165, 1.54) is 0 Å². The van der Waals surface area contributed by atoms with E-state index in [2.05, 4.69) is 4.98 Å².